The number of hydrogen-bond acceptors (Lipinski definition) is 6. The molecule has 0 radical (unpaired) electrons. The van der Waals surface area contributed by atoms with Crippen LogP contribution >= 0.6 is 0 Å². The molecule has 0 N–H and O–H groups in total. The molecule has 1 atom stereocenters. The Morgan fingerprint density at radius 1 is 0.393 bits per heavy atom. The highest BCUT2D eigenvalue weighted by Crippen LogP contribution is 2.12. The first kappa shape index (κ1) is 51.8. The molecule has 312 valence electrons. The zero-order valence-electron chi connectivity index (χ0n) is 35.3. The van der Waals surface area contributed by atoms with Gasteiger partial charge in [-0.3, -0.25) is 14.4 Å². The quantitative estimate of drug-likeness (QED) is 0.0207. The Hall–Kier alpha value is -4.19. The van der Waals surface area contributed by atoms with Crippen molar-refractivity contribution in [3.63, 3.8) is 0 Å². The number of carbonyl (C=O) groups is 3. The van der Waals surface area contributed by atoms with Crippen LogP contribution in [-0.2, 0) is 28.6 Å². The van der Waals surface area contributed by atoms with Crippen molar-refractivity contribution in [2.75, 3.05) is 13.2 Å². The Kier molecular flexibility index (Phi) is 40.3. The summed E-state index contributed by atoms with van der Waals surface area (Å²) in [6.07, 6.45) is 59.3. The maximum atomic E-state index is 12.7. The van der Waals surface area contributed by atoms with Crippen LogP contribution in [0.3, 0.4) is 0 Å². The summed E-state index contributed by atoms with van der Waals surface area (Å²) < 4.78 is 16.5. The molecule has 56 heavy (non-hydrogen) atoms. The maximum absolute atomic E-state index is 12.7. The number of rotatable bonds is 36. The van der Waals surface area contributed by atoms with Crippen molar-refractivity contribution in [2.24, 2.45) is 0 Å². The van der Waals surface area contributed by atoms with E-state index in [2.05, 4.69) is 81.5 Å². The number of esters is 3. The van der Waals surface area contributed by atoms with Crippen molar-refractivity contribution in [2.45, 2.75) is 162 Å². The molecule has 0 aromatic rings. The zero-order chi connectivity index (χ0) is 40.8. The van der Waals surface area contributed by atoms with E-state index in [1.807, 2.05) is 54.7 Å². The molecule has 6 nitrogen and oxygen atoms in total. The van der Waals surface area contributed by atoms with Gasteiger partial charge in [0.05, 0.1) is 6.42 Å². The van der Waals surface area contributed by atoms with Crippen LogP contribution in [0.4, 0.5) is 0 Å². The summed E-state index contributed by atoms with van der Waals surface area (Å²) in [4.78, 5) is 37.6. The van der Waals surface area contributed by atoms with Crippen molar-refractivity contribution in [3.8, 4) is 0 Å². The van der Waals surface area contributed by atoms with E-state index in [0.717, 1.165) is 89.9 Å². The van der Waals surface area contributed by atoms with E-state index >= 15 is 0 Å². The molecule has 0 aliphatic rings. The van der Waals surface area contributed by atoms with E-state index in [-0.39, 0.29) is 44.4 Å². The highest BCUT2D eigenvalue weighted by atomic mass is 16.6. The molecular weight excluding hydrogens is 697 g/mol. The van der Waals surface area contributed by atoms with Gasteiger partial charge in [-0.2, -0.15) is 0 Å². The van der Waals surface area contributed by atoms with Crippen LogP contribution in [-0.4, -0.2) is 37.2 Å². The van der Waals surface area contributed by atoms with Gasteiger partial charge < -0.3 is 14.2 Å². The van der Waals surface area contributed by atoms with Crippen LogP contribution < -0.4 is 0 Å². The molecule has 0 aliphatic heterocycles. The summed E-state index contributed by atoms with van der Waals surface area (Å²) in [6.45, 7) is 6.08. The van der Waals surface area contributed by atoms with E-state index in [0.29, 0.717) is 6.42 Å². The van der Waals surface area contributed by atoms with E-state index in [1.165, 1.54) is 19.3 Å². The molecule has 1 unspecified atom stereocenters. The van der Waals surface area contributed by atoms with Gasteiger partial charge in [0.2, 0.25) is 0 Å². The van der Waals surface area contributed by atoms with Crippen LogP contribution in [0.2, 0.25) is 0 Å². The van der Waals surface area contributed by atoms with Crippen LogP contribution in [0.1, 0.15) is 156 Å². The second-order valence-corrected chi connectivity index (χ2v) is 13.6. The van der Waals surface area contributed by atoms with Crippen molar-refractivity contribution >= 4 is 17.9 Å². The Balaban J connectivity index is 4.56. The minimum atomic E-state index is -0.836. The fraction of sp³-hybridized carbons (Fsp3) is 0.540. The molecule has 0 aromatic heterocycles. The van der Waals surface area contributed by atoms with E-state index in [9.17, 15) is 14.4 Å². The van der Waals surface area contributed by atoms with Gasteiger partial charge in [0.25, 0.3) is 0 Å². The summed E-state index contributed by atoms with van der Waals surface area (Å²) >= 11 is 0. The molecule has 6 heteroatoms. The smallest absolute Gasteiger partial charge is 0.309 e. The first-order chi connectivity index (χ1) is 27.5. The SMILES string of the molecule is CC\C=C/C=C\C=C/C=C\C=C/CCCCCC(=O)OCC(COC(=O)C/C=C\C/C=C\C/C=C\CC)OC(=O)CCCCCCCCC/C=C\C/C=C\CC. The molecule has 0 aromatic carbocycles. The third-order valence-electron chi connectivity index (χ3n) is 8.35. The van der Waals surface area contributed by atoms with Crippen LogP contribution in [0.5, 0.6) is 0 Å². The van der Waals surface area contributed by atoms with Gasteiger partial charge in [-0.1, -0.05) is 181 Å². The average Bonchev–Trinajstić information content (AvgIpc) is 3.19. The minimum absolute atomic E-state index is 0.120. The fourth-order valence-corrected chi connectivity index (χ4v) is 5.21. The summed E-state index contributed by atoms with van der Waals surface area (Å²) in [6, 6.07) is 0. The first-order valence-corrected chi connectivity index (χ1v) is 21.6. The molecule has 0 spiro atoms. The number of carbonyl (C=O) groups excluding carboxylic acids is 3. The lowest BCUT2D eigenvalue weighted by Gasteiger charge is -2.18. The van der Waals surface area contributed by atoms with Gasteiger partial charge in [-0.15, -0.1) is 0 Å². The monoisotopic (exact) mass is 773 g/mol. The van der Waals surface area contributed by atoms with Crippen LogP contribution in [0, 0.1) is 0 Å². The zero-order valence-corrected chi connectivity index (χ0v) is 35.3. The third-order valence-corrected chi connectivity index (χ3v) is 8.35. The third kappa shape index (κ3) is 41.0. The summed E-state index contributed by atoms with van der Waals surface area (Å²) in [5.74, 6) is -1.13. The number of hydrogen-bond donors (Lipinski definition) is 0. The lowest BCUT2D eigenvalue weighted by molar-refractivity contribution is -0.166. The topological polar surface area (TPSA) is 78.9 Å². The van der Waals surface area contributed by atoms with Crippen molar-refractivity contribution in [1.82, 2.24) is 0 Å². The average molecular weight is 773 g/mol. The Labute approximate surface area is 342 Å². The molecule has 0 saturated carbocycles. The van der Waals surface area contributed by atoms with Crippen molar-refractivity contribution in [1.29, 1.82) is 0 Å². The van der Waals surface area contributed by atoms with Crippen LogP contribution in [0.15, 0.2) is 122 Å². The summed E-state index contributed by atoms with van der Waals surface area (Å²) in [7, 11) is 0. The minimum Gasteiger partial charge on any atom is -0.462 e. The predicted molar refractivity (Wildman–Crippen MR) is 237 cm³/mol. The second-order valence-electron chi connectivity index (χ2n) is 13.6. The van der Waals surface area contributed by atoms with Gasteiger partial charge in [0.15, 0.2) is 6.10 Å². The standard InChI is InChI=1S/C50H76O6/c1-4-7-10-13-16-19-21-23-25-27-28-31-34-37-40-43-49(52)55-46-47(45-54-48(51)42-39-36-33-30-18-15-12-9-6-3)56-50(53)44-41-38-35-32-29-26-24-22-20-17-14-11-8-5-2/h7-13,16-21,23,25,27-28,30,36,39,47H,4-6,14-15,22,24,26,29,31-35,37-38,40-46H2,1-3H3/b10-7-,11-8-,12-9-,16-13-,20-17-,21-19-,25-23-,28-27-,30-18-,39-36-. The lowest BCUT2D eigenvalue weighted by Crippen LogP contribution is -2.30. The Bertz CT molecular complexity index is 1260. The van der Waals surface area contributed by atoms with Crippen LogP contribution in [0.25, 0.3) is 0 Å². The summed E-state index contributed by atoms with van der Waals surface area (Å²) in [5.41, 5.74) is 0. The molecule has 0 saturated heterocycles. The molecule has 0 heterocycles. The van der Waals surface area contributed by atoms with Crippen molar-refractivity contribution < 1.29 is 28.6 Å². The first-order valence-electron chi connectivity index (χ1n) is 21.6. The predicted octanol–water partition coefficient (Wildman–Crippen LogP) is 13.8. The molecule has 0 fully saturated rings. The molecule has 0 rings (SSSR count). The van der Waals surface area contributed by atoms with E-state index in [1.54, 1.807) is 6.08 Å². The Morgan fingerprint density at radius 3 is 1.39 bits per heavy atom. The molecule has 0 amide bonds. The lowest BCUT2D eigenvalue weighted by atomic mass is 10.1. The van der Waals surface area contributed by atoms with Gasteiger partial charge >= 0.3 is 17.9 Å². The summed E-state index contributed by atoms with van der Waals surface area (Å²) in [5, 5.41) is 0. The normalized spacial score (nSPS) is 13.3. The maximum Gasteiger partial charge on any atom is 0.309 e. The van der Waals surface area contributed by atoms with E-state index < -0.39 is 12.1 Å². The van der Waals surface area contributed by atoms with Gasteiger partial charge in [0.1, 0.15) is 13.2 Å². The number of ether oxygens (including phenoxy) is 3. The molecule has 0 bridgehead atoms. The van der Waals surface area contributed by atoms with E-state index in [4.69, 9.17) is 14.2 Å². The van der Waals surface area contributed by atoms with Gasteiger partial charge in [0, 0.05) is 12.8 Å². The largest absolute Gasteiger partial charge is 0.462 e. The highest BCUT2D eigenvalue weighted by Gasteiger charge is 2.19. The van der Waals surface area contributed by atoms with Crippen molar-refractivity contribution in [3.05, 3.63) is 122 Å². The second kappa shape index (κ2) is 43.5. The number of allylic oxidation sites excluding steroid dienone is 19. The van der Waals surface area contributed by atoms with Gasteiger partial charge in [-0.05, 0) is 77.0 Å². The van der Waals surface area contributed by atoms with Gasteiger partial charge in [-0.25, -0.2) is 0 Å². The Morgan fingerprint density at radius 2 is 0.804 bits per heavy atom. The molecule has 0 aliphatic carbocycles. The fourth-order valence-electron chi connectivity index (χ4n) is 5.21. The molecular formula is C50H76O6. The highest BCUT2D eigenvalue weighted by molar-refractivity contribution is 5.72. The number of unbranched alkanes of at least 4 members (excludes halogenated alkanes) is 10.